The second kappa shape index (κ2) is 8.59. The maximum absolute atomic E-state index is 13.4. The first-order valence-electron chi connectivity index (χ1n) is 9.95. The van der Waals surface area contributed by atoms with Gasteiger partial charge in [-0.2, -0.15) is 5.10 Å². The molecule has 1 atom stereocenters. The number of nitrogens with zero attached hydrogens (tertiary/aromatic N) is 3. The molecule has 156 valence electrons. The number of para-hydroxylation sites is 1. The Morgan fingerprint density at radius 3 is 2.63 bits per heavy atom. The lowest BCUT2D eigenvalue weighted by atomic mass is 10.0. The zero-order chi connectivity index (χ0) is 21.1. The predicted molar refractivity (Wildman–Crippen MR) is 113 cm³/mol. The van der Waals surface area contributed by atoms with Gasteiger partial charge in [-0.3, -0.25) is 4.79 Å². The minimum Gasteiger partial charge on any atom is -0.497 e. The molecule has 1 aliphatic rings. The number of aromatic nitrogens is 2. The normalized spacial score (nSPS) is 16.4. The summed E-state index contributed by atoms with van der Waals surface area (Å²) in [6, 6.07) is 15.1. The van der Waals surface area contributed by atoms with Crippen LogP contribution in [0.2, 0.25) is 0 Å². The van der Waals surface area contributed by atoms with Crippen molar-refractivity contribution in [1.82, 2.24) is 14.7 Å². The molecule has 1 N–H and O–H groups in total. The molecule has 3 aromatic rings. The zero-order valence-electron chi connectivity index (χ0n) is 17.1. The standard InChI is InChI=1S/C23H25N3O4/c1-29-18-10-11-21(30-2)19(13-18)22-20(23(28)25-12-6-9-17(27)14-25)15-26(24-22)16-7-4-3-5-8-16/h3-5,7-8,10-11,13,15,17,27H,6,9,12,14H2,1-2H3. The van der Waals surface area contributed by atoms with E-state index < -0.39 is 6.10 Å². The highest BCUT2D eigenvalue weighted by Gasteiger charge is 2.28. The van der Waals surface area contributed by atoms with E-state index in [1.165, 1.54) is 0 Å². The molecule has 4 rings (SSSR count). The van der Waals surface area contributed by atoms with E-state index in [-0.39, 0.29) is 5.91 Å². The molecule has 7 nitrogen and oxygen atoms in total. The summed E-state index contributed by atoms with van der Waals surface area (Å²) in [7, 11) is 3.18. The van der Waals surface area contributed by atoms with Gasteiger partial charge in [0.05, 0.1) is 31.6 Å². The SMILES string of the molecule is COc1ccc(OC)c(-c2nn(-c3ccccc3)cc2C(=O)N2CCCC(O)C2)c1. The third-order valence-corrected chi connectivity index (χ3v) is 5.31. The van der Waals surface area contributed by atoms with E-state index >= 15 is 0 Å². The number of rotatable bonds is 5. The van der Waals surface area contributed by atoms with Gasteiger partial charge in [0.2, 0.25) is 0 Å². The number of benzene rings is 2. The number of amides is 1. The summed E-state index contributed by atoms with van der Waals surface area (Å²) in [6.07, 6.45) is 2.73. The highest BCUT2D eigenvalue weighted by Crippen LogP contribution is 2.35. The van der Waals surface area contributed by atoms with Crippen molar-refractivity contribution < 1.29 is 19.4 Å². The van der Waals surface area contributed by atoms with Crippen molar-refractivity contribution in [2.45, 2.75) is 18.9 Å². The molecule has 0 bridgehead atoms. The molecule has 0 saturated carbocycles. The molecular formula is C23H25N3O4. The van der Waals surface area contributed by atoms with Crippen LogP contribution in [0.4, 0.5) is 0 Å². The van der Waals surface area contributed by atoms with Crippen molar-refractivity contribution in [1.29, 1.82) is 0 Å². The smallest absolute Gasteiger partial charge is 0.257 e. The van der Waals surface area contributed by atoms with Gasteiger partial charge in [-0.05, 0) is 43.2 Å². The lowest BCUT2D eigenvalue weighted by Gasteiger charge is -2.30. The Morgan fingerprint density at radius 1 is 1.13 bits per heavy atom. The lowest BCUT2D eigenvalue weighted by Crippen LogP contribution is -2.42. The van der Waals surface area contributed by atoms with Crippen molar-refractivity contribution in [3.05, 3.63) is 60.3 Å². The fourth-order valence-electron chi connectivity index (χ4n) is 3.75. The number of aliphatic hydroxyl groups is 1. The van der Waals surface area contributed by atoms with Crippen LogP contribution in [-0.4, -0.2) is 59.1 Å². The molecule has 1 unspecified atom stereocenters. The van der Waals surface area contributed by atoms with Crippen LogP contribution in [0.5, 0.6) is 11.5 Å². The van der Waals surface area contributed by atoms with Gasteiger partial charge in [-0.25, -0.2) is 4.68 Å². The largest absolute Gasteiger partial charge is 0.497 e. The Labute approximate surface area is 175 Å². The number of methoxy groups -OCH3 is 2. The van der Waals surface area contributed by atoms with Crippen LogP contribution in [0.15, 0.2) is 54.7 Å². The van der Waals surface area contributed by atoms with Gasteiger partial charge in [0.15, 0.2) is 0 Å². The van der Waals surface area contributed by atoms with Gasteiger partial charge < -0.3 is 19.5 Å². The fraction of sp³-hybridized carbons (Fsp3) is 0.304. The molecule has 0 radical (unpaired) electrons. The Morgan fingerprint density at radius 2 is 1.93 bits per heavy atom. The van der Waals surface area contributed by atoms with Gasteiger partial charge in [0.1, 0.15) is 17.2 Å². The molecule has 1 fully saturated rings. The third-order valence-electron chi connectivity index (χ3n) is 5.31. The number of hydrogen-bond acceptors (Lipinski definition) is 5. The summed E-state index contributed by atoms with van der Waals surface area (Å²) in [5, 5.41) is 14.8. The molecule has 1 aliphatic heterocycles. The van der Waals surface area contributed by atoms with Crippen LogP contribution >= 0.6 is 0 Å². The van der Waals surface area contributed by atoms with Crippen LogP contribution < -0.4 is 9.47 Å². The molecule has 0 spiro atoms. The quantitative estimate of drug-likeness (QED) is 0.703. The minimum absolute atomic E-state index is 0.157. The highest BCUT2D eigenvalue weighted by molar-refractivity contribution is 6.00. The zero-order valence-corrected chi connectivity index (χ0v) is 17.1. The summed E-state index contributed by atoms with van der Waals surface area (Å²) < 4.78 is 12.6. The summed E-state index contributed by atoms with van der Waals surface area (Å²) in [5.74, 6) is 1.09. The second-order valence-corrected chi connectivity index (χ2v) is 7.28. The van der Waals surface area contributed by atoms with Crippen molar-refractivity contribution in [2.75, 3.05) is 27.3 Å². The monoisotopic (exact) mass is 407 g/mol. The summed E-state index contributed by atoms with van der Waals surface area (Å²) >= 11 is 0. The van der Waals surface area contributed by atoms with Crippen LogP contribution in [-0.2, 0) is 0 Å². The van der Waals surface area contributed by atoms with E-state index in [4.69, 9.17) is 14.6 Å². The maximum Gasteiger partial charge on any atom is 0.257 e. The number of aliphatic hydroxyl groups excluding tert-OH is 1. The van der Waals surface area contributed by atoms with Crippen LogP contribution in [0.1, 0.15) is 23.2 Å². The van der Waals surface area contributed by atoms with Crippen LogP contribution in [0, 0.1) is 0 Å². The first-order valence-corrected chi connectivity index (χ1v) is 9.95. The van der Waals surface area contributed by atoms with Crippen molar-refractivity contribution in [3.8, 4) is 28.4 Å². The van der Waals surface area contributed by atoms with E-state index in [9.17, 15) is 9.90 Å². The molecule has 2 heterocycles. The van der Waals surface area contributed by atoms with Crippen molar-refractivity contribution in [2.24, 2.45) is 0 Å². The Hall–Kier alpha value is -3.32. The van der Waals surface area contributed by atoms with E-state index in [0.29, 0.717) is 47.8 Å². The number of piperidine rings is 1. The molecule has 0 aliphatic carbocycles. The number of carbonyl (C=O) groups excluding carboxylic acids is 1. The van der Waals surface area contributed by atoms with Gasteiger partial charge >= 0.3 is 0 Å². The topological polar surface area (TPSA) is 76.8 Å². The first-order chi connectivity index (χ1) is 14.6. The molecule has 1 amide bonds. The molecule has 2 aromatic carbocycles. The van der Waals surface area contributed by atoms with E-state index in [0.717, 1.165) is 12.1 Å². The fourth-order valence-corrected chi connectivity index (χ4v) is 3.75. The number of hydrogen-bond donors (Lipinski definition) is 1. The maximum atomic E-state index is 13.4. The molecule has 1 saturated heterocycles. The summed E-state index contributed by atoms with van der Waals surface area (Å²) in [6.45, 7) is 0.936. The van der Waals surface area contributed by atoms with Crippen LogP contribution in [0.25, 0.3) is 16.9 Å². The molecule has 30 heavy (non-hydrogen) atoms. The van der Waals surface area contributed by atoms with Crippen molar-refractivity contribution in [3.63, 3.8) is 0 Å². The average Bonchev–Trinajstić information content (AvgIpc) is 3.24. The summed E-state index contributed by atoms with van der Waals surface area (Å²) in [4.78, 5) is 15.1. The third kappa shape index (κ3) is 3.89. The Balaban J connectivity index is 1.84. The predicted octanol–water partition coefficient (Wildman–Crippen LogP) is 3.15. The van der Waals surface area contributed by atoms with Crippen molar-refractivity contribution >= 4 is 5.91 Å². The number of likely N-dealkylation sites (tertiary alicyclic amines) is 1. The second-order valence-electron chi connectivity index (χ2n) is 7.28. The molecule has 7 heteroatoms. The minimum atomic E-state index is -0.498. The van der Waals surface area contributed by atoms with Gasteiger partial charge in [0.25, 0.3) is 5.91 Å². The van der Waals surface area contributed by atoms with Gasteiger partial charge in [0, 0.05) is 24.8 Å². The number of ether oxygens (including phenoxy) is 2. The number of β-amino-alcohol motifs (C(OH)–C–C–N with tert-alkyl or cyclic N) is 1. The number of carbonyl (C=O) groups is 1. The highest BCUT2D eigenvalue weighted by atomic mass is 16.5. The van der Waals surface area contributed by atoms with Crippen LogP contribution in [0.3, 0.4) is 0 Å². The van der Waals surface area contributed by atoms with E-state index in [1.807, 2.05) is 36.4 Å². The van der Waals surface area contributed by atoms with E-state index in [1.54, 1.807) is 42.1 Å². The molecule has 1 aromatic heterocycles. The van der Waals surface area contributed by atoms with Gasteiger partial charge in [-0.1, -0.05) is 18.2 Å². The van der Waals surface area contributed by atoms with E-state index in [2.05, 4.69) is 0 Å². The Bertz CT molecular complexity index is 1030. The lowest BCUT2D eigenvalue weighted by molar-refractivity contribution is 0.0474. The molecular weight excluding hydrogens is 382 g/mol. The summed E-state index contributed by atoms with van der Waals surface area (Å²) in [5.41, 5.74) is 2.49. The first kappa shape index (κ1) is 20.0. The average molecular weight is 407 g/mol. The van der Waals surface area contributed by atoms with Gasteiger partial charge in [-0.15, -0.1) is 0 Å². The Kier molecular flexibility index (Phi) is 5.72.